The zero-order valence-electron chi connectivity index (χ0n) is 8.78. The van der Waals surface area contributed by atoms with E-state index in [1.165, 1.54) is 12.8 Å². The van der Waals surface area contributed by atoms with Gasteiger partial charge in [0.05, 0.1) is 0 Å². The summed E-state index contributed by atoms with van der Waals surface area (Å²) in [7, 11) is 0. The molecule has 0 atom stereocenters. The summed E-state index contributed by atoms with van der Waals surface area (Å²) < 4.78 is 0. The largest absolute Gasteiger partial charge is 0.0882 e. The molecule has 0 saturated heterocycles. The van der Waals surface area contributed by atoms with Gasteiger partial charge in [-0.25, -0.2) is 0 Å². The van der Waals surface area contributed by atoms with E-state index in [1.54, 1.807) is 0 Å². The molecule has 0 heterocycles. The van der Waals surface area contributed by atoms with Crippen molar-refractivity contribution >= 4 is 0 Å². The Hall–Kier alpha value is -1.04. The van der Waals surface area contributed by atoms with Crippen LogP contribution in [0.15, 0.2) is 42.5 Å². The van der Waals surface area contributed by atoms with E-state index in [0.717, 1.165) is 25.7 Å². The summed E-state index contributed by atoms with van der Waals surface area (Å²) in [6.45, 7) is 0. The van der Waals surface area contributed by atoms with Gasteiger partial charge in [-0.15, -0.1) is 0 Å². The summed E-state index contributed by atoms with van der Waals surface area (Å²) >= 11 is 0. The quantitative estimate of drug-likeness (QED) is 0.494. The summed E-state index contributed by atoms with van der Waals surface area (Å²) in [5, 5.41) is 0. The second-order valence-electron chi connectivity index (χ2n) is 3.43. The Morgan fingerprint density at radius 3 is 2.29 bits per heavy atom. The molecule has 1 rings (SSSR count). The Kier molecular flexibility index (Phi) is 6.74. The summed E-state index contributed by atoms with van der Waals surface area (Å²) in [6, 6.07) is 0. The van der Waals surface area contributed by atoms with Crippen LogP contribution in [0.3, 0.4) is 0 Å². The maximum Gasteiger partial charge on any atom is -0.00978 e. The summed E-state index contributed by atoms with van der Waals surface area (Å²) in [4.78, 5) is 0. The van der Waals surface area contributed by atoms with Crippen LogP contribution in [0.5, 0.6) is 0 Å². The van der Waals surface area contributed by atoms with Gasteiger partial charge in [-0.3, -0.25) is 0 Å². The first-order valence-corrected chi connectivity index (χ1v) is 5.50. The van der Waals surface area contributed by atoms with E-state index in [2.05, 4.69) is 48.6 Å². The minimum Gasteiger partial charge on any atom is -0.0882 e. The van der Waals surface area contributed by atoms with Gasteiger partial charge in [0, 0.05) is 0 Å². The normalized spacial score (nSPS) is 28.6. The Bertz CT molecular complexity index is 204. The number of rotatable bonds is 0. The van der Waals surface area contributed by atoms with Crippen molar-refractivity contribution in [3.05, 3.63) is 48.6 Å². The van der Waals surface area contributed by atoms with Crippen LogP contribution in [-0.2, 0) is 0 Å². The fourth-order valence-electron chi connectivity index (χ4n) is 1.33. The highest BCUT2D eigenvalue weighted by molar-refractivity contribution is 4.98. The smallest absolute Gasteiger partial charge is 0.00978 e. The Balaban J connectivity index is 2.34. The molecule has 0 aromatic heterocycles. The van der Waals surface area contributed by atoms with Gasteiger partial charge in [0.1, 0.15) is 0 Å². The molecule has 0 aliphatic heterocycles. The third kappa shape index (κ3) is 6.47. The molecular formula is C14H19. The van der Waals surface area contributed by atoms with Crippen molar-refractivity contribution < 1.29 is 0 Å². The van der Waals surface area contributed by atoms with E-state index < -0.39 is 0 Å². The zero-order chi connectivity index (χ0) is 9.90. The van der Waals surface area contributed by atoms with E-state index in [4.69, 9.17) is 0 Å². The van der Waals surface area contributed by atoms with Crippen LogP contribution in [0.4, 0.5) is 0 Å². The molecule has 0 nitrogen and oxygen atoms in total. The molecule has 1 radical (unpaired) electrons. The minimum atomic E-state index is 0.962. The molecule has 75 valence electrons. The molecule has 0 bridgehead atoms. The zero-order valence-corrected chi connectivity index (χ0v) is 8.78. The lowest BCUT2D eigenvalue weighted by atomic mass is 10.2. The van der Waals surface area contributed by atoms with Crippen LogP contribution in [0.1, 0.15) is 38.5 Å². The van der Waals surface area contributed by atoms with Crippen molar-refractivity contribution in [2.75, 3.05) is 0 Å². The molecule has 1 aliphatic carbocycles. The molecule has 0 unspecified atom stereocenters. The molecule has 0 aromatic rings. The number of allylic oxidation sites excluding steroid dienone is 8. The Labute approximate surface area is 87.7 Å². The fraction of sp³-hybridized carbons (Fsp3) is 0.429. The molecule has 1 aliphatic rings. The molecule has 0 saturated carbocycles. The fourth-order valence-corrected chi connectivity index (χ4v) is 1.33. The highest BCUT2D eigenvalue weighted by atomic mass is 13.9. The molecule has 0 amide bonds. The molecule has 0 aromatic carbocycles. The maximum absolute atomic E-state index is 3.28. The van der Waals surface area contributed by atoms with Gasteiger partial charge in [0.15, 0.2) is 0 Å². The van der Waals surface area contributed by atoms with Gasteiger partial charge < -0.3 is 0 Å². The molecule has 0 N–H and O–H groups in total. The average molecular weight is 187 g/mol. The first-order valence-electron chi connectivity index (χ1n) is 5.50. The van der Waals surface area contributed by atoms with Crippen LogP contribution >= 0.6 is 0 Å². The molecule has 0 heteroatoms. The SMILES string of the molecule is [C]1=C/CCC/C=C/C/C=C/C/C=C/C/1. The predicted molar refractivity (Wildman–Crippen MR) is 62.9 cm³/mol. The summed E-state index contributed by atoms with van der Waals surface area (Å²) in [5.41, 5.74) is 0. The second kappa shape index (κ2) is 8.55. The van der Waals surface area contributed by atoms with Crippen molar-refractivity contribution in [2.24, 2.45) is 0 Å². The van der Waals surface area contributed by atoms with Gasteiger partial charge in [-0.2, -0.15) is 0 Å². The number of hydrogen-bond donors (Lipinski definition) is 0. The van der Waals surface area contributed by atoms with Gasteiger partial charge in [-0.05, 0) is 44.6 Å². The molecule has 0 fully saturated rings. The third-order valence-corrected chi connectivity index (χ3v) is 2.14. The van der Waals surface area contributed by atoms with Gasteiger partial charge in [0.25, 0.3) is 0 Å². The lowest BCUT2D eigenvalue weighted by Crippen LogP contribution is -1.71. The lowest BCUT2D eigenvalue weighted by Gasteiger charge is -1.91. The van der Waals surface area contributed by atoms with Gasteiger partial charge in [0.2, 0.25) is 0 Å². The van der Waals surface area contributed by atoms with Crippen LogP contribution in [0.2, 0.25) is 0 Å². The molecule has 14 heavy (non-hydrogen) atoms. The lowest BCUT2D eigenvalue weighted by molar-refractivity contribution is 0.861. The van der Waals surface area contributed by atoms with Crippen molar-refractivity contribution in [3.8, 4) is 0 Å². The van der Waals surface area contributed by atoms with Crippen molar-refractivity contribution in [3.63, 3.8) is 0 Å². The number of hydrogen-bond acceptors (Lipinski definition) is 0. The first-order chi connectivity index (χ1) is 7.00. The third-order valence-electron chi connectivity index (χ3n) is 2.14. The van der Waals surface area contributed by atoms with E-state index in [9.17, 15) is 0 Å². The highest BCUT2D eigenvalue weighted by Crippen LogP contribution is 2.01. The van der Waals surface area contributed by atoms with Crippen molar-refractivity contribution in [1.29, 1.82) is 0 Å². The van der Waals surface area contributed by atoms with Gasteiger partial charge in [-0.1, -0.05) is 42.5 Å². The second-order valence-corrected chi connectivity index (χ2v) is 3.43. The van der Waals surface area contributed by atoms with Gasteiger partial charge >= 0.3 is 0 Å². The van der Waals surface area contributed by atoms with Crippen LogP contribution in [0.25, 0.3) is 0 Å². The van der Waals surface area contributed by atoms with E-state index in [-0.39, 0.29) is 0 Å². The summed E-state index contributed by atoms with van der Waals surface area (Å²) in [5.74, 6) is 0. The maximum atomic E-state index is 3.28. The van der Waals surface area contributed by atoms with E-state index in [1.807, 2.05) is 0 Å². The Morgan fingerprint density at radius 2 is 1.43 bits per heavy atom. The van der Waals surface area contributed by atoms with Crippen LogP contribution < -0.4 is 0 Å². The molecule has 0 spiro atoms. The predicted octanol–water partition coefficient (Wildman–Crippen LogP) is 4.37. The first kappa shape index (κ1) is 11.0. The van der Waals surface area contributed by atoms with Crippen molar-refractivity contribution in [2.45, 2.75) is 38.5 Å². The summed E-state index contributed by atoms with van der Waals surface area (Å²) in [6.07, 6.45) is 25.5. The Morgan fingerprint density at radius 1 is 0.714 bits per heavy atom. The minimum absolute atomic E-state index is 0.962. The average Bonchev–Trinajstić information content (AvgIpc) is 2.22. The highest BCUT2D eigenvalue weighted by Gasteiger charge is 1.81. The topological polar surface area (TPSA) is 0 Å². The van der Waals surface area contributed by atoms with E-state index >= 15 is 0 Å². The molecular weight excluding hydrogens is 168 g/mol. The van der Waals surface area contributed by atoms with Crippen LogP contribution in [0, 0.1) is 6.08 Å². The standard InChI is InChI=1S/C14H19/c1-2-4-6-8-10-12-14-13-11-9-7-5-3-1/h1-2,5-8,14H,3-4,9-11,13H2/b2-1+,7-5+,8-6+,14-12?. The monoisotopic (exact) mass is 187 g/mol. The van der Waals surface area contributed by atoms with Crippen LogP contribution in [-0.4, -0.2) is 0 Å². The van der Waals surface area contributed by atoms with Crippen molar-refractivity contribution in [1.82, 2.24) is 0 Å². The van der Waals surface area contributed by atoms with E-state index in [0.29, 0.717) is 0 Å².